The average molecular weight is 346 g/mol. The summed E-state index contributed by atoms with van der Waals surface area (Å²) in [6.07, 6.45) is 1.93. The zero-order valence-electron chi connectivity index (χ0n) is 14.1. The van der Waals surface area contributed by atoms with Gasteiger partial charge in [0, 0.05) is 19.0 Å². The van der Waals surface area contributed by atoms with E-state index >= 15 is 0 Å². The van der Waals surface area contributed by atoms with Crippen molar-refractivity contribution in [3.05, 3.63) is 29.8 Å². The molecule has 2 fully saturated rings. The molecular formula is C18H22N2O5. The molecule has 1 aromatic carbocycles. The summed E-state index contributed by atoms with van der Waals surface area (Å²) in [7, 11) is 1.58. The van der Waals surface area contributed by atoms with Crippen LogP contribution in [0.5, 0.6) is 5.75 Å². The van der Waals surface area contributed by atoms with Crippen molar-refractivity contribution in [3.63, 3.8) is 0 Å². The third kappa shape index (κ3) is 3.75. The van der Waals surface area contributed by atoms with E-state index in [1.807, 2.05) is 29.2 Å². The van der Waals surface area contributed by atoms with Crippen molar-refractivity contribution >= 4 is 17.8 Å². The van der Waals surface area contributed by atoms with Gasteiger partial charge < -0.3 is 20.1 Å². The zero-order valence-corrected chi connectivity index (χ0v) is 14.1. The van der Waals surface area contributed by atoms with Crippen molar-refractivity contribution < 1.29 is 24.2 Å². The van der Waals surface area contributed by atoms with Crippen LogP contribution in [0.3, 0.4) is 0 Å². The third-order valence-electron chi connectivity index (χ3n) is 4.71. The SMILES string of the molecule is COc1cccc([C@@H]2[C@H](C(=O)NCCC(=O)O)CC(=O)N2C2CC2)c1. The predicted molar refractivity (Wildman–Crippen MR) is 89.0 cm³/mol. The van der Waals surface area contributed by atoms with Gasteiger partial charge >= 0.3 is 5.97 Å². The van der Waals surface area contributed by atoms with Gasteiger partial charge in [0.25, 0.3) is 0 Å². The number of nitrogens with one attached hydrogen (secondary N) is 1. The molecule has 7 nitrogen and oxygen atoms in total. The van der Waals surface area contributed by atoms with Gasteiger partial charge in [0.05, 0.1) is 25.5 Å². The molecule has 1 aliphatic heterocycles. The molecule has 0 bridgehead atoms. The lowest BCUT2D eigenvalue weighted by Crippen LogP contribution is -2.37. The summed E-state index contributed by atoms with van der Waals surface area (Å²) >= 11 is 0. The minimum absolute atomic E-state index is 0.0197. The topological polar surface area (TPSA) is 95.9 Å². The van der Waals surface area contributed by atoms with Crippen molar-refractivity contribution in [1.82, 2.24) is 10.2 Å². The number of ether oxygens (including phenoxy) is 1. The summed E-state index contributed by atoms with van der Waals surface area (Å²) in [6, 6.07) is 7.29. The molecule has 2 aliphatic rings. The van der Waals surface area contributed by atoms with Gasteiger partial charge in [-0.2, -0.15) is 0 Å². The first-order chi connectivity index (χ1) is 12.0. The molecule has 25 heavy (non-hydrogen) atoms. The number of carboxylic acids is 1. The first-order valence-corrected chi connectivity index (χ1v) is 8.46. The largest absolute Gasteiger partial charge is 0.497 e. The Hall–Kier alpha value is -2.57. The van der Waals surface area contributed by atoms with E-state index in [1.54, 1.807) is 7.11 Å². The van der Waals surface area contributed by atoms with Gasteiger partial charge in [-0.3, -0.25) is 14.4 Å². The Kier molecular flexibility index (Phi) is 4.92. The Morgan fingerprint density at radius 2 is 2.12 bits per heavy atom. The molecule has 1 saturated heterocycles. The number of benzene rings is 1. The molecule has 0 spiro atoms. The highest BCUT2D eigenvalue weighted by molar-refractivity contribution is 5.91. The van der Waals surface area contributed by atoms with E-state index in [9.17, 15) is 14.4 Å². The molecule has 134 valence electrons. The number of rotatable bonds is 7. The minimum atomic E-state index is -0.966. The summed E-state index contributed by atoms with van der Waals surface area (Å²) in [5.41, 5.74) is 0.871. The van der Waals surface area contributed by atoms with Gasteiger partial charge in [-0.05, 0) is 30.5 Å². The molecule has 2 atom stereocenters. The van der Waals surface area contributed by atoms with Crippen molar-refractivity contribution in [2.24, 2.45) is 5.92 Å². The highest BCUT2D eigenvalue weighted by Gasteiger charge is 2.49. The number of aliphatic carboxylic acids is 1. The average Bonchev–Trinajstić information content (AvgIpc) is 3.36. The second-order valence-corrected chi connectivity index (χ2v) is 6.50. The van der Waals surface area contributed by atoms with Crippen LogP contribution in [0.1, 0.15) is 37.3 Å². The van der Waals surface area contributed by atoms with Crippen LogP contribution in [0, 0.1) is 5.92 Å². The Bertz CT molecular complexity index is 686. The Balaban J connectivity index is 1.83. The maximum Gasteiger partial charge on any atom is 0.305 e. The highest BCUT2D eigenvalue weighted by Crippen LogP contribution is 2.45. The van der Waals surface area contributed by atoms with Crippen LogP contribution in [0.25, 0.3) is 0 Å². The Morgan fingerprint density at radius 3 is 2.76 bits per heavy atom. The van der Waals surface area contributed by atoms with Crippen LogP contribution in [0.2, 0.25) is 0 Å². The maximum absolute atomic E-state index is 12.6. The second-order valence-electron chi connectivity index (χ2n) is 6.50. The lowest BCUT2D eigenvalue weighted by molar-refractivity contribution is -0.137. The minimum Gasteiger partial charge on any atom is -0.497 e. The molecule has 3 rings (SSSR count). The predicted octanol–water partition coefficient (Wildman–Crippen LogP) is 1.34. The summed E-state index contributed by atoms with van der Waals surface area (Å²) < 4.78 is 5.27. The van der Waals surface area contributed by atoms with Crippen LogP contribution in [0.15, 0.2) is 24.3 Å². The van der Waals surface area contributed by atoms with Crippen molar-refractivity contribution in [2.75, 3.05) is 13.7 Å². The molecule has 0 aromatic heterocycles. The van der Waals surface area contributed by atoms with E-state index in [-0.39, 0.29) is 43.3 Å². The number of likely N-dealkylation sites (tertiary alicyclic amines) is 1. The Morgan fingerprint density at radius 1 is 1.36 bits per heavy atom. The standard InChI is InChI=1S/C18H22N2O5/c1-25-13-4-2-3-11(9-13)17-14(18(24)19-8-7-16(22)23)10-15(21)20(17)12-5-6-12/h2-4,9,12,14,17H,5-8,10H2,1H3,(H,19,24)(H,22,23)/t14-,17-/m1/s1. The second kappa shape index (κ2) is 7.13. The van der Waals surface area contributed by atoms with Crippen LogP contribution in [0.4, 0.5) is 0 Å². The van der Waals surface area contributed by atoms with Gasteiger partial charge in [0.1, 0.15) is 5.75 Å². The number of amides is 2. The van der Waals surface area contributed by atoms with Gasteiger partial charge in [0.2, 0.25) is 11.8 Å². The first-order valence-electron chi connectivity index (χ1n) is 8.46. The molecule has 0 radical (unpaired) electrons. The summed E-state index contributed by atoms with van der Waals surface area (Å²) in [4.78, 5) is 37.6. The maximum atomic E-state index is 12.6. The number of hydrogen-bond donors (Lipinski definition) is 2. The van der Waals surface area contributed by atoms with Gasteiger partial charge in [-0.1, -0.05) is 12.1 Å². The number of hydrogen-bond acceptors (Lipinski definition) is 4. The summed E-state index contributed by atoms with van der Waals surface area (Å²) in [5.74, 6) is -1.10. The number of carboxylic acid groups (broad SMARTS) is 1. The van der Waals surface area contributed by atoms with Gasteiger partial charge in [0.15, 0.2) is 0 Å². The lowest BCUT2D eigenvalue weighted by atomic mass is 9.92. The quantitative estimate of drug-likeness (QED) is 0.777. The smallest absolute Gasteiger partial charge is 0.305 e. The van der Waals surface area contributed by atoms with Crippen LogP contribution < -0.4 is 10.1 Å². The third-order valence-corrected chi connectivity index (χ3v) is 4.71. The molecule has 1 saturated carbocycles. The van der Waals surface area contributed by atoms with E-state index in [2.05, 4.69) is 5.32 Å². The van der Waals surface area contributed by atoms with E-state index < -0.39 is 11.9 Å². The molecule has 2 N–H and O–H groups in total. The number of carbonyl (C=O) groups is 3. The summed E-state index contributed by atoms with van der Waals surface area (Å²) in [5, 5.41) is 11.4. The van der Waals surface area contributed by atoms with Crippen molar-refractivity contribution in [2.45, 2.75) is 37.8 Å². The van der Waals surface area contributed by atoms with Gasteiger partial charge in [-0.15, -0.1) is 0 Å². The molecular weight excluding hydrogens is 324 g/mol. The first kappa shape index (κ1) is 17.3. The number of nitrogens with zero attached hydrogens (tertiary/aromatic N) is 1. The molecule has 1 aromatic rings. The molecule has 0 unspecified atom stereocenters. The molecule has 1 heterocycles. The zero-order chi connectivity index (χ0) is 18.0. The van der Waals surface area contributed by atoms with Crippen LogP contribution in [-0.4, -0.2) is 47.5 Å². The normalized spacial score (nSPS) is 22.8. The number of carbonyl (C=O) groups excluding carboxylic acids is 2. The number of methoxy groups -OCH3 is 1. The van der Waals surface area contributed by atoms with E-state index in [0.29, 0.717) is 5.75 Å². The molecule has 7 heteroatoms. The van der Waals surface area contributed by atoms with Crippen LogP contribution in [-0.2, 0) is 14.4 Å². The lowest BCUT2D eigenvalue weighted by Gasteiger charge is -2.28. The molecule has 1 aliphatic carbocycles. The molecule has 2 amide bonds. The Labute approximate surface area is 146 Å². The van der Waals surface area contributed by atoms with E-state index in [4.69, 9.17) is 9.84 Å². The fourth-order valence-corrected chi connectivity index (χ4v) is 3.42. The highest BCUT2D eigenvalue weighted by atomic mass is 16.5. The fraction of sp³-hybridized carbons (Fsp3) is 0.500. The van der Waals surface area contributed by atoms with Crippen LogP contribution >= 0.6 is 0 Å². The van der Waals surface area contributed by atoms with Crippen molar-refractivity contribution in [3.8, 4) is 5.75 Å². The van der Waals surface area contributed by atoms with E-state index in [0.717, 1.165) is 18.4 Å². The van der Waals surface area contributed by atoms with E-state index in [1.165, 1.54) is 0 Å². The fourth-order valence-electron chi connectivity index (χ4n) is 3.42. The monoisotopic (exact) mass is 346 g/mol. The van der Waals surface area contributed by atoms with Gasteiger partial charge in [-0.25, -0.2) is 0 Å². The summed E-state index contributed by atoms with van der Waals surface area (Å²) in [6.45, 7) is 0.0626. The van der Waals surface area contributed by atoms with Crippen molar-refractivity contribution in [1.29, 1.82) is 0 Å².